The first-order valence-electron chi connectivity index (χ1n) is 6.01. The topological polar surface area (TPSA) is 136 Å². The highest BCUT2D eigenvalue weighted by molar-refractivity contribution is 5.90. The van der Waals surface area contributed by atoms with Crippen LogP contribution in [0, 0.1) is 0 Å². The summed E-state index contributed by atoms with van der Waals surface area (Å²) in [6, 6.07) is 6.61. The van der Waals surface area contributed by atoms with Crippen molar-refractivity contribution in [2.45, 2.75) is 24.9 Å². The molecule has 0 radical (unpaired) electrons. The van der Waals surface area contributed by atoms with Gasteiger partial charge in [-0.25, -0.2) is 4.79 Å². The zero-order valence-corrected chi connectivity index (χ0v) is 10.8. The summed E-state index contributed by atoms with van der Waals surface area (Å²) in [5.41, 5.74) is 11.2. The number of carbonyl (C=O) groups excluding carboxylic acids is 2. The number of hydrogen-bond acceptors (Lipinski definition) is 4. The Labute approximate surface area is 115 Å². The maximum atomic E-state index is 11.7. The van der Waals surface area contributed by atoms with E-state index in [1.165, 1.54) is 0 Å². The SMILES string of the molecule is NC(=O)C[C@H](N)C(=O)NC(Cc1ccccc1)C(=O)O. The van der Waals surface area contributed by atoms with Crippen LogP contribution in [0.3, 0.4) is 0 Å². The number of nitrogens with two attached hydrogens (primary N) is 2. The first kappa shape index (κ1) is 15.6. The van der Waals surface area contributed by atoms with E-state index < -0.39 is 29.9 Å². The van der Waals surface area contributed by atoms with Gasteiger partial charge in [0, 0.05) is 6.42 Å². The molecule has 0 bridgehead atoms. The van der Waals surface area contributed by atoms with Crippen molar-refractivity contribution in [3.63, 3.8) is 0 Å². The van der Waals surface area contributed by atoms with E-state index in [4.69, 9.17) is 16.6 Å². The zero-order chi connectivity index (χ0) is 15.1. The minimum absolute atomic E-state index is 0.130. The number of primary amides is 1. The van der Waals surface area contributed by atoms with Gasteiger partial charge < -0.3 is 21.9 Å². The lowest BCUT2D eigenvalue weighted by Gasteiger charge is -2.17. The molecule has 6 N–H and O–H groups in total. The first-order chi connectivity index (χ1) is 9.40. The average Bonchev–Trinajstić information content (AvgIpc) is 2.38. The van der Waals surface area contributed by atoms with Gasteiger partial charge in [0.05, 0.1) is 12.5 Å². The van der Waals surface area contributed by atoms with Crippen molar-refractivity contribution in [2.75, 3.05) is 0 Å². The van der Waals surface area contributed by atoms with Crippen molar-refractivity contribution >= 4 is 17.8 Å². The second-order valence-electron chi connectivity index (χ2n) is 4.37. The third-order valence-corrected chi connectivity index (χ3v) is 2.66. The van der Waals surface area contributed by atoms with Crippen molar-refractivity contribution < 1.29 is 19.5 Å². The van der Waals surface area contributed by atoms with Crippen molar-refractivity contribution in [3.05, 3.63) is 35.9 Å². The molecule has 0 aliphatic carbocycles. The smallest absolute Gasteiger partial charge is 0.326 e. The van der Waals surface area contributed by atoms with E-state index in [2.05, 4.69) is 5.32 Å². The van der Waals surface area contributed by atoms with Crippen LogP contribution in [0.15, 0.2) is 30.3 Å². The van der Waals surface area contributed by atoms with Crippen LogP contribution < -0.4 is 16.8 Å². The quantitative estimate of drug-likeness (QED) is 0.507. The molecule has 0 fully saturated rings. The van der Waals surface area contributed by atoms with Gasteiger partial charge in [0.25, 0.3) is 0 Å². The number of carboxylic acid groups (broad SMARTS) is 1. The minimum atomic E-state index is -1.17. The Hall–Kier alpha value is -2.41. The van der Waals surface area contributed by atoms with Gasteiger partial charge in [-0.15, -0.1) is 0 Å². The second kappa shape index (κ2) is 7.25. The van der Waals surface area contributed by atoms with Crippen molar-refractivity contribution in [1.29, 1.82) is 0 Å². The molecule has 7 heteroatoms. The van der Waals surface area contributed by atoms with Crippen LogP contribution in [0.5, 0.6) is 0 Å². The summed E-state index contributed by atoms with van der Waals surface area (Å²) in [7, 11) is 0. The van der Waals surface area contributed by atoms with Gasteiger partial charge in [0.1, 0.15) is 6.04 Å². The maximum absolute atomic E-state index is 11.7. The van der Waals surface area contributed by atoms with Gasteiger partial charge in [-0.3, -0.25) is 9.59 Å². The number of hydrogen-bond donors (Lipinski definition) is 4. The highest BCUT2D eigenvalue weighted by atomic mass is 16.4. The van der Waals surface area contributed by atoms with E-state index in [-0.39, 0.29) is 12.8 Å². The molecule has 2 amide bonds. The van der Waals surface area contributed by atoms with Gasteiger partial charge in [-0.05, 0) is 5.56 Å². The number of carboxylic acids is 1. The van der Waals surface area contributed by atoms with E-state index >= 15 is 0 Å². The van der Waals surface area contributed by atoms with E-state index in [1.54, 1.807) is 30.3 Å². The predicted octanol–water partition coefficient (Wildman–Crippen LogP) is -0.999. The molecular formula is C13H17N3O4. The van der Waals surface area contributed by atoms with Crippen LogP contribution in [-0.2, 0) is 20.8 Å². The van der Waals surface area contributed by atoms with Crippen LogP contribution >= 0.6 is 0 Å². The molecule has 0 aliphatic rings. The molecule has 0 saturated carbocycles. The zero-order valence-electron chi connectivity index (χ0n) is 10.8. The predicted molar refractivity (Wildman–Crippen MR) is 71.5 cm³/mol. The molecule has 0 saturated heterocycles. The standard InChI is InChI=1S/C13H17N3O4/c14-9(7-11(15)17)12(18)16-10(13(19)20)6-8-4-2-1-3-5-8/h1-5,9-10H,6-7,14H2,(H2,15,17)(H,16,18)(H,19,20)/t9-,10?/m0/s1. The van der Waals surface area contributed by atoms with Crippen LogP contribution in [0.1, 0.15) is 12.0 Å². The van der Waals surface area contributed by atoms with Gasteiger partial charge in [-0.2, -0.15) is 0 Å². The Balaban J connectivity index is 2.66. The molecule has 1 rings (SSSR count). The molecule has 7 nitrogen and oxygen atoms in total. The molecule has 20 heavy (non-hydrogen) atoms. The van der Waals surface area contributed by atoms with Crippen molar-refractivity contribution in [1.82, 2.24) is 5.32 Å². The third kappa shape index (κ3) is 5.07. The van der Waals surface area contributed by atoms with E-state index in [9.17, 15) is 14.4 Å². The molecule has 108 valence electrons. The van der Waals surface area contributed by atoms with Gasteiger partial charge in [0.15, 0.2) is 0 Å². The molecule has 2 atom stereocenters. The summed E-state index contributed by atoms with van der Waals surface area (Å²) in [5, 5.41) is 11.4. The maximum Gasteiger partial charge on any atom is 0.326 e. The fourth-order valence-electron chi connectivity index (χ4n) is 1.64. The minimum Gasteiger partial charge on any atom is -0.480 e. The molecular weight excluding hydrogens is 262 g/mol. The van der Waals surface area contributed by atoms with Crippen molar-refractivity contribution in [2.24, 2.45) is 11.5 Å². The highest BCUT2D eigenvalue weighted by Gasteiger charge is 2.24. The number of rotatable bonds is 7. The molecule has 1 aromatic rings. The Kier molecular flexibility index (Phi) is 5.67. The highest BCUT2D eigenvalue weighted by Crippen LogP contribution is 2.04. The molecule has 0 spiro atoms. The van der Waals surface area contributed by atoms with Crippen LogP contribution in [-0.4, -0.2) is 35.0 Å². The normalized spacial score (nSPS) is 13.2. The summed E-state index contributed by atoms with van der Waals surface area (Å²) < 4.78 is 0. The van der Waals surface area contributed by atoms with Crippen LogP contribution in [0.4, 0.5) is 0 Å². The van der Waals surface area contributed by atoms with Gasteiger partial charge >= 0.3 is 5.97 Å². The lowest BCUT2D eigenvalue weighted by molar-refractivity contribution is -0.142. The summed E-state index contributed by atoms with van der Waals surface area (Å²) in [6.45, 7) is 0. The Bertz CT molecular complexity index is 490. The van der Waals surface area contributed by atoms with Gasteiger partial charge in [0.2, 0.25) is 11.8 Å². The van der Waals surface area contributed by atoms with Crippen LogP contribution in [0.2, 0.25) is 0 Å². The molecule has 1 unspecified atom stereocenters. The molecule has 0 aliphatic heterocycles. The lowest BCUT2D eigenvalue weighted by Crippen LogP contribution is -2.50. The Morgan fingerprint density at radius 2 is 1.80 bits per heavy atom. The Morgan fingerprint density at radius 3 is 2.30 bits per heavy atom. The largest absolute Gasteiger partial charge is 0.480 e. The fraction of sp³-hybridized carbons (Fsp3) is 0.308. The van der Waals surface area contributed by atoms with Gasteiger partial charge in [-0.1, -0.05) is 30.3 Å². The first-order valence-corrected chi connectivity index (χ1v) is 6.01. The fourth-order valence-corrected chi connectivity index (χ4v) is 1.64. The number of carbonyl (C=O) groups is 3. The summed E-state index contributed by atoms with van der Waals surface area (Å²) in [6.07, 6.45) is -0.200. The molecule has 0 heterocycles. The van der Waals surface area contributed by atoms with Crippen molar-refractivity contribution in [3.8, 4) is 0 Å². The summed E-state index contributed by atoms with van der Waals surface area (Å²) >= 11 is 0. The number of benzene rings is 1. The van der Waals surface area contributed by atoms with E-state index in [0.717, 1.165) is 5.56 Å². The molecule has 0 aromatic heterocycles. The number of nitrogens with one attached hydrogen (secondary N) is 1. The molecule has 1 aromatic carbocycles. The summed E-state index contributed by atoms with van der Waals surface area (Å²) in [4.78, 5) is 33.5. The average molecular weight is 279 g/mol. The van der Waals surface area contributed by atoms with E-state index in [0.29, 0.717) is 0 Å². The van der Waals surface area contributed by atoms with Crippen LogP contribution in [0.25, 0.3) is 0 Å². The third-order valence-electron chi connectivity index (χ3n) is 2.66. The van der Waals surface area contributed by atoms with E-state index in [1.807, 2.05) is 0 Å². The monoisotopic (exact) mass is 279 g/mol. The number of aliphatic carboxylic acids is 1. The Morgan fingerprint density at radius 1 is 1.20 bits per heavy atom. The number of amides is 2. The second-order valence-corrected chi connectivity index (χ2v) is 4.37. The summed E-state index contributed by atoms with van der Waals surface area (Å²) in [5.74, 6) is -2.61. The lowest BCUT2D eigenvalue weighted by atomic mass is 10.1.